The van der Waals surface area contributed by atoms with Crippen molar-refractivity contribution in [2.75, 3.05) is 16.6 Å². The molecule has 2 aromatic rings. The van der Waals surface area contributed by atoms with E-state index in [-0.39, 0.29) is 23.6 Å². The molecule has 0 bridgehead atoms. The maximum atomic E-state index is 15.9. The fraction of sp³-hybridized carbons (Fsp3) is 0.375. The summed E-state index contributed by atoms with van der Waals surface area (Å²) in [6, 6.07) is 5.79. The van der Waals surface area contributed by atoms with Gasteiger partial charge in [-0.25, -0.2) is 22.8 Å². The summed E-state index contributed by atoms with van der Waals surface area (Å²) in [5.74, 6) is -0.431. The van der Waals surface area contributed by atoms with Gasteiger partial charge in [0.05, 0.1) is 35.1 Å². The van der Waals surface area contributed by atoms with Crippen molar-refractivity contribution in [1.29, 1.82) is 0 Å². The van der Waals surface area contributed by atoms with Crippen LogP contribution in [0, 0.1) is 0 Å². The van der Waals surface area contributed by atoms with E-state index in [1.165, 1.54) is 43.7 Å². The van der Waals surface area contributed by atoms with E-state index < -0.39 is 26.8 Å². The first-order valence-electron chi connectivity index (χ1n) is 11.4. The number of amides is 1. The number of aliphatic imine (C=N–C) groups is 2. The summed E-state index contributed by atoms with van der Waals surface area (Å²) >= 11 is 0. The van der Waals surface area contributed by atoms with Crippen LogP contribution >= 0.6 is 0 Å². The van der Waals surface area contributed by atoms with Crippen molar-refractivity contribution < 1.29 is 22.3 Å². The van der Waals surface area contributed by atoms with Crippen molar-refractivity contribution in [3.05, 3.63) is 54.1 Å². The monoisotopic (exact) mass is 516 g/mol. The van der Waals surface area contributed by atoms with Gasteiger partial charge in [0.15, 0.2) is 5.90 Å². The fourth-order valence-electron chi connectivity index (χ4n) is 3.29. The van der Waals surface area contributed by atoms with E-state index >= 15 is 4.39 Å². The van der Waals surface area contributed by atoms with Gasteiger partial charge in [-0.15, -0.1) is 0 Å². The van der Waals surface area contributed by atoms with Gasteiger partial charge in [-0.1, -0.05) is 6.92 Å². The second kappa shape index (κ2) is 11.4. The summed E-state index contributed by atoms with van der Waals surface area (Å²) in [5, 5.41) is 2.02. The molecular formula is C24H29FN6O4S. The standard InChI is InChI=1S/C24H29FN6O4S/c1-5-24(25,21-13-18(11-12-27-21)31-36(33,34)19-8-9-19)23(32)30-22-10-7-17(14-28-22)20(15-26-4)29-16(3)35-6-2/h7,10-15,19H,4-6,8-9H2,1-3H3,(H,27,31)(H,28,30,32)/b20-15-,29-16?/t24-/m1/s1. The number of carbonyl (C=O) groups is 1. The topological polar surface area (TPSA) is 135 Å². The largest absolute Gasteiger partial charge is 0.481 e. The van der Waals surface area contributed by atoms with E-state index in [4.69, 9.17) is 4.74 Å². The molecule has 12 heteroatoms. The molecule has 0 radical (unpaired) electrons. The minimum atomic E-state index is -3.55. The Balaban J connectivity index is 1.78. The summed E-state index contributed by atoms with van der Waals surface area (Å²) in [5.41, 5.74) is -1.55. The van der Waals surface area contributed by atoms with Crippen molar-refractivity contribution in [3.8, 4) is 0 Å². The number of pyridine rings is 2. The lowest BCUT2D eigenvalue weighted by atomic mass is 9.96. The lowest BCUT2D eigenvalue weighted by molar-refractivity contribution is -0.128. The number of nitrogens with one attached hydrogen (secondary N) is 2. The first-order valence-corrected chi connectivity index (χ1v) is 13.0. The third-order valence-electron chi connectivity index (χ3n) is 5.38. The normalized spacial score (nSPS) is 16.1. The van der Waals surface area contributed by atoms with E-state index in [0.29, 0.717) is 36.6 Å². The molecule has 36 heavy (non-hydrogen) atoms. The number of rotatable bonds is 11. The molecule has 1 saturated carbocycles. The lowest BCUT2D eigenvalue weighted by Crippen LogP contribution is -2.37. The van der Waals surface area contributed by atoms with Gasteiger partial charge >= 0.3 is 0 Å². The lowest BCUT2D eigenvalue weighted by Gasteiger charge is -2.22. The summed E-state index contributed by atoms with van der Waals surface area (Å²) in [7, 11) is -3.55. The number of nitrogens with zero attached hydrogens (tertiary/aromatic N) is 4. The highest BCUT2D eigenvalue weighted by Crippen LogP contribution is 2.33. The molecule has 192 valence electrons. The summed E-state index contributed by atoms with van der Waals surface area (Å²) in [6.45, 7) is 8.94. The highest BCUT2D eigenvalue weighted by Gasteiger charge is 2.41. The predicted octanol–water partition coefficient (Wildman–Crippen LogP) is 4.05. The minimum absolute atomic E-state index is 0.112. The van der Waals surface area contributed by atoms with Gasteiger partial charge < -0.3 is 10.1 Å². The predicted molar refractivity (Wildman–Crippen MR) is 138 cm³/mol. The maximum absolute atomic E-state index is 15.9. The first-order chi connectivity index (χ1) is 17.1. The number of aromatic nitrogens is 2. The Bertz CT molecular complexity index is 1280. The number of alkyl halides is 1. The van der Waals surface area contributed by atoms with Crippen LogP contribution in [-0.4, -0.2) is 48.8 Å². The molecule has 3 rings (SSSR count). The van der Waals surface area contributed by atoms with Crippen LogP contribution in [0.5, 0.6) is 0 Å². The molecule has 0 spiro atoms. The Morgan fingerprint density at radius 1 is 1.31 bits per heavy atom. The zero-order valence-electron chi connectivity index (χ0n) is 20.4. The fourth-order valence-corrected chi connectivity index (χ4v) is 4.67. The minimum Gasteiger partial charge on any atom is -0.481 e. The van der Waals surface area contributed by atoms with Crippen LogP contribution in [-0.2, 0) is 25.2 Å². The van der Waals surface area contributed by atoms with Crippen LogP contribution in [0.1, 0.15) is 51.3 Å². The van der Waals surface area contributed by atoms with Crippen LogP contribution < -0.4 is 10.0 Å². The Hall–Kier alpha value is -3.67. The SMILES string of the molecule is C=N/C=C(\N=C(C)OCC)c1ccc(NC(=O)[C@@](F)(CC)c2cc(NS(=O)(=O)C3CC3)ccn2)nc1. The van der Waals surface area contributed by atoms with Crippen LogP contribution in [0.15, 0.2) is 52.8 Å². The number of halogens is 1. The van der Waals surface area contributed by atoms with Gasteiger partial charge in [0.1, 0.15) is 5.82 Å². The molecular weight excluding hydrogens is 487 g/mol. The third-order valence-corrected chi connectivity index (χ3v) is 7.25. The van der Waals surface area contributed by atoms with Gasteiger partial charge in [0, 0.05) is 24.9 Å². The second-order valence-corrected chi connectivity index (χ2v) is 10.0. The highest BCUT2D eigenvalue weighted by atomic mass is 32.2. The first kappa shape index (κ1) is 26.9. The van der Waals surface area contributed by atoms with Crippen molar-refractivity contribution in [2.45, 2.75) is 51.0 Å². The number of hydrogen-bond donors (Lipinski definition) is 2. The van der Waals surface area contributed by atoms with E-state index in [9.17, 15) is 13.2 Å². The second-order valence-electron chi connectivity index (χ2n) is 8.08. The molecule has 0 unspecified atom stereocenters. The van der Waals surface area contributed by atoms with E-state index in [1.54, 1.807) is 13.0 Å². The molecule has 1 fully saturated rings. The smallest absolute Gasteiger partial charge is 0.269 e. The zero-order chi connectivity index (χ0) is 26.3. The van der Waals surface area contributed by atoms with E-state index in [2.05, 4.69) is 36.7 Å². The van der Waals surface area contributed by atoms with Gasteiger partial charge in [-0.3, -0.25) is 19.5 Å². The number of carbonyl (C=O) groups excluding carboxylic acids is 1. The van der Waals surface area contributed by atoms with Crippen LogP contribution in [0.25, 0.3) is 5.70 Å². The molecule has 0 aliphatic heterocycles. The molecule has 10 nitrogen and oxygen atoms in total. The summed E-state index contributed by atoms with van der Waals surface area (Å²) < 4.78 is 48.2. The van der Waals surface area contributed by atoms with E-state index in [1.807, 2.05) is 6.92 Å². The molecule has 1 aliphatic rings. The average molecular weight is 517 g/mol. The van der Waals surface area contributed by atoms with Gasteiger partial charge in [-0.05, 0) is 57.2 Å². The Morgan fingerprint density at radius 3 is 2.64 bits per heavy atom. The molecule has 0 saturated heterocycles. The maximum Gasteiger partial charge on any atom is 0.269 e. The number of ether oxygens (including phenoxy) is 1. The number of sulfonamides is 1. The third kappa shape index (κ3) is 6.51. The van der Waals surface area contributed by atoms with Crippen LogP contribution in [0.4, 0.5) is 15.9 Å². The van der Waals surface area contributed by atoms with Crippen LogP contribution in [0.2, 0.25) is 0 Å². The Labute approximate surface area is 209 Å². The van der Waals surface area contributed by atoms with Crippen molar-refractivity contribution in [3.63, 3.8) is 0 Å². The average Bonchev–Trinajstić information content (AvgIpc) is 3.70. The quantitative estimate of drug-likeness (QED) is 0.342. The van der Waals surface area contributed by atoms with Crippen LogP contribution in [0.3, 0.4) is 0 Å². The van der Waals surface area contributed by atoms with E-state index in [0.717, 1.165) is 0 Å². The molecule has 2 N–H and O–H groups in total. The summed E-state index contributed by atoms with van der Waals surface area (Å²) in [4.78, 5) is 29.2. The Morgan fingerprint density at radius 2 is 2.06 bits per heavy atom. The Kier molecular flexibility index (Phi) is 8.51. The number of anilines is 2. The molecule has 1 amide bonds. The van der Waals surface area contributed by atoms with Gasteiger partial charge in [0.2, 0.25) is 15.7 Å². The summed E-state index contributed by atoms with van der Waals surface area (Å²) in [6.07, 6.45) is 5.10. The van der Waals surface area contributed by atoms with Crippen molar-refractivity contribution in [2.24, 2.45) is 9.98 Å². The van der Waals surface area contributed by atoms with Gasteiger partial charge in [0.25, 0.3) is 5.91 Å². The zero-order valence-corrected chi connectivity index (χ0v) is 21.2. The molecule has 1 aliphatic carbocycles. The molecule has 2 aromatic heterocycles. The number of hydrogen-bond acceptors (Lipinski definition) is 8. The van der Waals surface area contributed by atoms with Gasteiger partial charge in [-0.2, -0.15) is 0 Å². The van der Waals surface area contributed by atoms with Crippen molar-refractivity contribution >= 4 is 45.7 Å². The molecule has 0 aromatic carbocycles. The van der Waals surface area contributed by atoms with Crippen molar-refractivity contribution in [1.82, 2.24) is 9.97 Å². The molecule has 1 atom stereocenters. The highest BCUT2D eigenvalue weighted by molar-refractivity contribution is 7.93. The molecule has 2 heterocycles.